The predicted molar refractivity (Wildman–Crippen MR) is 162 cm³/mol. The average Bonchev–Trinajstić information content (AvgIpc) is 3.82. The van der Waals surface area contributed by atoms with Gasteiger partial charge < -0.3 is 33.7 Å². The van der Waals surface area contributed by atoms with E-state index in [0.29, 0.717) is 19.4 Å². The van der Waals surface area contributed by atoms with Gasteiger partial charge in [0.05, 0.1) is 12.1 Å². The third-order valence-electron chi connectivity index (χ3n) is 11.7. The SMILES string of the molecule is CC(C)[C@]12O[C@H]1[C@@H]1O[C@]13[C@]1(O[C@H]1C[C@H]1C4=C(CC[C@@]13C)C(=O)OC4)[C@@H]2OC(=O)CC[C@H](NC(=O)OC(C)(C)C)C(=O)CC(C)(C)C. The molecule has 3 saturated heterocycles. The first kappa shape index (κ1) is 32.1. The second kappa shape index (κ2) is 9.78. The van der Waals surface area contributed by atoms with Gasteiger partial charge in [0, 0.05) is 23.8 Å². The first-order valence-corrected chi connectivity index (χ1v) is 16.9. The molecule has 0 aromatic heterocycles. The molecule has 2 saturated carbocycles. The fourth-order valence-corrected chi connectivity index (χ4v) is 9.70. The monoisotopic (exact) mass is 643 g/mol. The molecule has 3 aliphatic carbocycles. The Balaban J connectivity index is 1.13. The topological polar surface area (TPSA) is 146 Å². The van der Waals surface area contributed by atoms with Crippen LogP contribution < -0.4 is 5.32 Å². The van der Waals surface area contributed by atoms with Crippen LogP contribution in [-0.2, 0) is 42.8 Å². The van der Waals surface area contributed by atoms with Gasteiger partial charge in [-0.05, 0) is 69.3 Å². The maximum atomic E-state index is 13.8. The van der Waals surface area contributed by atoms with Crippen molar-refractivity contribution in [3.8, 4) is 0 Å². The molecule has 1 amide bonds. The summed E-state index contributed by atoms with van der Waals surface area (Å²) in [6.45, 7) is 17.8. The summed E-state index contributed by atoms with van der Waals surface area (Å²) < 4.78 is 37.3. The van der Waals surface area contributed by atoms with Crippen LogP contribution in [0.4, 0.5) is 4.79 Å². The number of amides is 1. The van der Waals surface area contributed by atoms with Crippen LogP contribution in [-0.4, -0.2) is 83.3 Å². The Morgan fingerprint density at radius 2 is 1.76 bits per heavy atom. The van der Waals surface area contributed by atoms with Crippen molar-refractivity contribution in [2.75, 3.05) is 6.61 Å². The van der Waals surface area contributed by atoms with E-state index in [1.807, 2.05) is 20.8 Å². The molecular weight excluding hydrogens is 594 g/mol. The largest absolute Gasteiger partial charge is 0.458 e. The number of ether oxygens (including phenoxy) is 6. The lowest BCUT2D eigenvalue weighted by atomic mass is 9.46. The minimum atomic E-state index is -0.905. The molecule has 5 fully saturated rings. The van der Waals surface area contributed by atoms with Crippen molar-refractivity contribution in [1.29, 1.82) is 0 Å². The number of hydrogen-bond acceptors (Lipinski definition) is 10. The molecule has 254 valence electrons. The quantitative estimate of drug-likeness (QED) is 0.230. The summed E-state index contributed by atoms with van der Waals surface area (Å²) in [7, 11) is 0. The van der Waals surface area contributed by atoms with Crippen LogP contribution in [0.25, 0.3) is 0 Å². The minimum Gasteiger partial charge on any atom is -0.458 e. The highest BCUT2D eigenvalue weighted by atomic mass is 16.8. The van der Waals surface area contributed by atoms with E-state index in [9.17, 15) is 19.2 Å². The second-order valence-electron chi connectivity index (χ2n) is 17.3. The summed E-state index contributed by atoms with van der Waals surface area (Å²) in [6, 6.07) is -0.905. The summed E-state index contributed by atoms with van der Waals surface area (Å²) >= 11 is 0. The first-order chi connectivity index (χ1) is 21.3. The lowest BCUT2D eigenvalue weighted by molar-refractivity contribution is -0.169. The number of nitrogens with one attached hydrogen (secondary N) is 1. The Morgan fingerprint density at radius 1 is 1.04 bits per heavy atom. The number of epoxide rings is 3. The molecule has 0 aromatic rings. The first-order valence-electron chi connectivity index (χ1n) is 16.9. The second-order valence-corrected chi connectivity index (χ2v) is 17.3. The lowest BCUT2D eigenvalue weighted by Crippen LogP contribution is -2.70. The Kier molecular flexibility index (Phi) is 6.82. The number of ketones is 1. The predicted octanol–water partition coefficient (Wildman–Crippen LogP) is 4.33. The maximum Gasteiger partial charge on any atom is 0.408 e. The Hall–Kier alpha value is -2.50. The highest BCUT2D eigenvalue weighted by Gasteiger charge is 3.01. The van der Waals surface area contributed by atoms with E-state index in [-0.39, 0.29) is 72.0 Å². The molecule has 0 unspecified atom stereocenters. The van der Waals surface area contributed by atoms with Crippen molar-refractivity contribution < 1.29 is 47.6 Å². The van der Waals surface area contributed by atoms with E-state index < -0.39 is 46.6 Å². The van der Waals surface area contributed by atoms with Crippen LogP contribution in [0.15, 0.2) is 11.1 Å². The fraction of sp³-hybridized carbons (Fsp3) is 0.829. The molecule has 46 heavy (non-hydrogen) atoms. The van der Waals surface area contributed by atoms with Crippen molar-refractivity contribution in [3.05, 3.63) is 11.1 Å². The third kappa shape index (κ3) is 4.39. The number of hydrogen-bond donors (Lipinski definition) is 1. The van der Waals surface area contributed by atoms with Crippen LogP contribution in [0.5, 0.6) is 0 Å². The van der Waals surface area contributed by atoms with Crippen LogP contribution >= 0.6 is 0 Å². The molecule has 2 spiro atoms. The molecular formula is C35H49NO10. The Morgan fingerprint density at radius 3 is 2.41 bits per heavy atom. The molecule has 0 bridgehead atoms. The standard InChI is InChI=1S/C35H49NO10/c1-17(2)33-25(44-33)26-35(45-26)32(9)13-12-18-19(16-41-27(18)39)20(32)14-23-34(35,43-23)28(33)42-24(38)11-10-21(22(37)15-30(3,4)5)36-29(40)46-31(6,7)8/h17,20-21,23,25-26,28H,10-16H2,1-9H3,(H,36,40)/t20-,21-,23-,25-,26-,28+,32-,33-,34+,35+/m0/s1. The zero-order chi connectivity index (χ0) is 33.4. The number of rotatable bonds is 8. The van der Waals surface area contributed by atoms with Crippen LogP contribution in [0.2, 0.25) is 0 Å². The molecule has 10 atom stereocenters. The smallest absolute Gasteiger partial charge is 0.408 e. The van der Waals surface area contributed by atoms with Gasteiger partial charge in [0.1, 0.15) is 35.6 Å². The summed E-state index contributed by atoms with van der Waals surface area (Å²) in [5, 5.41) is 2.70. The minimum absolute atomic E-state index is 0.0266. The normalized spacial score (nSPS) is 41.9. The highest BCUT2D eigenvalue weighted by Crippen LogP contribution is 2.83. The molecule has 7 rings (SSSR count). The molecule has 11 nitrogen and oxygen atoms in total. The van der Waals surface area contributed by atoms with E-state index in [0.717, 1.165) is 17.6 Å². The van der Waals surface area contributed by atoms with E-state index >= 15 is 0 Å². The number of alkyl carbamates (subject to hydrolysis) is 1. The Bertz CT molecular complexity index is 1420. The van der Waals surface area contributed by atoms with Gasteiger partial charge in [-0.15, -0.1) is 0 Å². The van der Waals surface area contributed by atoms with Crippen LogP contribution in [0.1, 0.15) is 101 Å². The molecule has 1 N–H and O–H groups in total. The fourth-order valence-electron chi connectivity index (χ4n) is 9.70. The summed E-state index contributed by atoms with van der Waals surface area (Å²) in [6.07, 6.45) is 0.254. The van der Waals surface area contributed by atoms with Crippen molar-refractivity contribution in [2.45, 2.75) is 154 Å². The molecule has 4 aliphatic heterocycles. The van der Waals surface area contributed by atoms with Crippen molar-refractivity contribution in [3.63, 3.8) is 0 Å². The van der Waals surface area contributed by atoms with Gasteiger partial charge in [0.15, 0.2) is 17.5 Å². The maximum absolute atomic E-state index is 13.8. The summed E-state index contributed by atoms with van der Waals surface area (Å²) in [5.74, 6) is -0.761. The highest BCUT2D eigenvalue weighted by molar-refractivity contribution is 5.92. The van der Waals surface area contributed by atoms with Crippen LogP contribution in [0, 0.1) is 22.7 Å². The van der Waals surface area contributed by atoms with Gasteiger partial charge in [-0.3, -0.25) is 9.59 Å². The number of carbonyl (C=O) groups is 4. The molecule has 0 radical (unpaired) electrons. The summed E-state index contributed by atoms with van der Waals surface area (Å²) in [4.78, 5) is 52.2. The molecule has 4 heterocycles. The average molecular weight is 644 g/mol. The number of fused-ring (bicyclic) bond motifs is 4. The molecule has 11 heteroatoms. The number of carbonyl (C=O) groups excluding carboxylic acids is 4. The van der Waals surface area contributed by atoms with Gasteiger partial charge in [-0.1, -0.05) is 41.5 Å². The number of cyclic esters (lactones) is 1. The van der Waals surface area contributed by atoms with E-state index in [1.165, 1.54) is 0 Å². The van der Waals surface area contributed by atoms with Crippen molar-refractivity contribution >= 4 is 23.8 Å². The third-order valence-corrected chi connectivity index (χ3v) is 11.7. The van der Waals surface area contributed by atoms with Crippen molar-refractivity contribution in [2.24, 2.45) is 22.7 Å². The number of Topliss-reactive ketones (excluding diaryl/α,β-unsaturated/α-hetero) is 1. The zero-order valence-corrected chi connectivity index (χ0v) is 28.6. The van der Waals surface area contributed by atoms with E-state index in [1.54, 1.807) is 20.8 Å². The van der Waals surface area contributed by atoms with Gasteiger partial charge in [-0.2, -0.15) is 0 Å². The lowest BCUT2D eigenvalue weighted by Gasteiger charge is -2.53. The van der Waals surface area contributed by atoms with Gasteiger partial charge >= 0.3 is 18.0 Å². The van der Waals surface area contributed by atoms with Crippen molar-refractivity contribution in [1.82, 2.24) is 5.32 Å². The number of esters is 2. The van der Waals surface area contributed by atoms with Crippen LogP contribution in [0.3, 0.4) is 0 Å². The van der Waals surface area contributed by atoms with E-state index in [4.69, 9.17) is 28.4 Å². The van der Waals surface area contributed by atoms with E-state index in [2.05, 4.69) is 26.1 Å². The molecule has 0 aromatic carbocycles. The van der Waals surface area contributed by atoms with Gasteiger partial charge in [0.25, 0.3) is 0 Å². The van der Waals surface area contributed by atoms with Gasteiger partial charge in [0.2, 0.25) is 0 Å². The summed E-state index contributed by atoms with van der Waals surface area (Å²) in [5.41, 5.74) is -1.80. The zero-order valence-electron chi connectivity index (χ0n) is 28.6. The molecule has 7 aliphatic rings. The Labute approximate surface area is 270 Å². The van der Waals surface area contributed by atoms with Gasteiger partial charge in [-0.25, -0.2) is 9.59 Å².